The first kappa shape index (κ1) is 14.5. The SMILES string of the molecule is O=C(CCC1CCCCN1)NCc1nc2ccccc2s1. The van der Waals surface area contributed by atoms with Crippen molar-refractivity contribution in [2.45, 2.75) is 44.7 Å². The smallest absolute Gasteiger partial charge is 0.220 e. The van der Waals surface area contributed by atoms with Gasteiger partial charge in [0.25, 0.3) is 0 Å². The highest BCUT2D eigenvalue weighted by atomic mass is 32.1. The van der Waals surface area contributed by atoms with E-state index in [4.69, 9.17) is 0 Å². The Morgan fingerprint density at radius 1 is 1.38 bits per heavy atom. The lowest BCUT2D eigenvalue weighted by molar-refractivity contribution is -0.121. The lowest BCUT2D eigenvalue weighted by atomic mass is 10.0. The van der Waals surface area contributed by atoms with Gasteiger partial charge in [-0.3, -0.25) is 4.79 Å². The van der Waals surface area contributed by atoms with Crippen molar-refractivity contribution in [3.63, 3.8) is 0 Å². The number of hydrogen-bond acceptors (Lipinski definition) is 4. The zero-order chi connectivity index (χ0) is 14.5. The van der Waals surface area contributed by atoms with Crippen molar-refractivity contribution in [1.82, 2.24) is 15.6 Å². The maximum atomic E-state index is 11.9. The van der Waals surface area contributed by atoms with Crippen molar-refractivity contribution in [2.75, 3.05) is 6.54 Å². The van der Waals surface area contributed by atoms with E-state index >= 15 is 0 Å². The second-order valence-electron chi connectivity index (χ2n) is 5.54. The van der Waals surface area contributed by atoms with Crippen LogP contribution in [0.3, 0.4) is 0 Å². The molecule has 1 unspecified atom stereocenters. The van der Waals surface area contributed by atoms with Crippen LogP contribution in [0.25, 0.3) is 10.2 Å². The molecule has 112 valence electrons. The molecule has 4 nitrogen and oxygen atoms in total. The van der Waals surface area contributed by atoms with Crippen LogP contribution in [0.5, 0.6) is 0 Å². The number of nitrogens with one attached hydrogen (secondary N) is 2. The average Bonchev–Trinajstić information content (AvgIpc) is 2.95. The lowest BCUT2D eigenvalue weighted by Crippen LogP contribution is -2.35. The van der Waals surface area contributed by atoms with Gasteiger partial charge in [0.1, 0.15) is 5.01 Å². The topological polar surface area (TPSA) is 54.0 Å². The standard InChI is InChI=1S/C16H21N3OS/c20-15(9-8-12-5-3-4-10-17-12)18-11-16-19-13-6-1-2-7-14(13)21-16/h1-2,6-7,12,17H,3-5,8-11H2,(H,18,20). The van der Waals surface area contributed by atoms with E-state index in [2.05, 4.69) is 21.7 Å². The van der Waals surface area contributed by atoms with E-state index in [0.717, 1.165) is 23.5 Å². The molecule has 3 rings (SSSR count). The number of rotatable bonds is 5. The van der Waals surface area contributed by atoms with Crippen LogP contribution in [-0.4, -0.2) is 23.5 Å². The monoisotopic (exact) mass is 303 g/mol. The molecule has 21 heavy (non-hydrogen) atoms. The molecular formula is C16H21N3OS. The van der Waals surface area contributed by atoms with Crippen molar-refractivity contribution in [3.05, 3.63) is 29.3 Å². The fourth-order valence-corrected chi connectivity index (χ4v) is 3.64. The second kappa shape index (κ2) is 7.00. The number of thiazole rings is 1. The molecule has 2 N–H and O–H groups in total. The Hall–Kier alpha value is -1.46. The molecule has 1 atom stereocenters. The van der Waals surface area contributed by atoms with Crippen molar-refractivity contribution < 1.29 is 4.79 Å². The number of benzene rings is 1. The van der Waals surface area contributed by atoms with Gasteiger partial charge in [0.2, 0.25) is 5.91 Å². The highest BCUT2D eigenvalue weighted by molar-refractivity contribution is 7.18. The molecule has 1 saturated heterocycles. The summed E-state index contributed by atoms with van der Waals surface area (Å²) in [6, 6.07) is 8.59. The molecule has 1 amide bonds. The minimum Gasteiger partial charge on any atom is -0.350 e. The summed E-state index contributed by atoms with van der Waals surface area (Å²) < 4.78 is 1.17. The van der Waals surface area contributed by atoms with Crippen LogP contribution in [0.2, 0.25) is 0 Å². The number of amides is 1. The molecule has 2 aromatic rings. The van der Waals surface area contributed by atoms with E-state index in [1.807, 2.05) is 18.2 Å². The van der Waals surface area contributed by atoms with Gasteiger partial charge in [-0.15, -0.1) is 11.3 Å². The fraction of sp³-hybridized carbons (Fsp3) is 0.500. The van der Waals surface area contributed by atoms with Crippen molar-refractivity contribution in [2.24, 2.45) is 0 Å². The molecule has 1 aliphatic heterocycles. The van der Waals surface area contributed by atoms with Gasteiger partial charge in [0.15, 0.2) is 0 Å². The fourth-order valence-electron chi connectivity index (χ4n) is 2.73. The first-order valence-corrected chi connectivity index (χ1v) is 8.47. The van der Waals surface area contributed by atoms with Crippen LogP contribution >= 0.6 is 11.3 Å². The Kier molecular flexibility index (Phi) is 4.83. The molecule has 1 aromatic heterocycles. The maximum absolute atomic E-state index is 11.9. The van der Waals surface area contributed by atoms with Crippen LogP contribution in [0, 0.1) is 0 Å². The van der Waals surface area contributed by atoms with Gasteiger partial charge in [-0.25, -0.2) is 4.98 Å². The van der Waals surface area contributed by atoms with Crippen LogP contribution in [0.4, 0.5) is 0 Å². The van der Waals surface area contributed by atoms with Crippen molar-refractivity contribution in [1.29, 1.82) is 0 Å². The summed E-state index contributed by atoms with van der Waals surface area (Å²) in [4.78, 5) is 16.4. The van der Waals surface area contributed by atoms with Crippen molar-refractivity contribution >= 4 is 27.5 Å². The Morgan fingerprint density at radius 3 is 3.10 bits per heavy atom. The number of para-hydroxylation sites is 1. The number of carbonyl (C=O) groups is 1. The third-order valence-electron chi connectivity index (χ3n) is 3.91. The highest BCUT2D eigenvalue weighted by Gasteiger charge is 2.14. The van der Waals surface area contributed by atoms with Gasteiger partial charge in [-0.1, -0.05) is 18.6 Å². The predicted octanol–water partition coefficient (Wildman–Crippen LogP) is 2.83. The normalized spacial score (nSPS) is 18.8. The van der Waals surface area contributed by atoms with Gasteiger partial charge in [-0.2, -0.15) is 0 Å². The lowest BCUT2D eigenvalue weighted by Gasteiger charge is -2.22. The van der Waals surface area contributed by atoms with Gasteiger partial charge < -0.3 is 10.6 Å². The Morgan fingerprint density at radius 2 is 2.29 bits per heavy atom. The Labute approximate surface area is 129 Å². The molecule has 0 spiro atoms. The summed E-state index contributed by atoms with van der Waals surface area (Å²) in [5.74, 6) is 0.127. The summed E-state index contributed by atoms with van der Waals surface area (Å²) in [6.07, 6.45) is 5.28. The summed E-state index contributed by atoms with van der Waals surface area (Å²) in [5, 5.41) is 7.43. The van der Waals surface area contributed by atoms with Crippen LogP contribution < -0.4 is 10.6 Å². The molecule has 0 aliphatic carbocycles. The van der Waals surface area contributed by atoms with Gasteiger partial charge in [0, 0.05) is 12.5 Å². The predicted molar refractivity (Wildman–Crippen MR) is 86.3 cm³/mol. The zero-order valence-electron chi connectivity index (χ0n) is 12.1. The molecule has 1 aliphatic rings. The van der Waals surface area contributed by atoms with Gasteiger partial charge in [-0.05, 0) is 37.9 Å². The first-order chi connectivity index (χ1) is 10.3. The number of piperidine rings is 1. The minimum absolute atomic E-state index is 0.127. The number of hydrogen-bond donors (Lipinski definition) is 2. The van der Waals surface area contributed by atoms with Crippen LogP contribution in [-0.2, 0) is 11.3 Å². The second-order valence-corrected chi connectivity index (χ2v) is 6.65. The molecule has 1 fully saturated rings. The molecular weight excluding hydrogens is 282 g/mol. The van der Waals surface area contributed by atoms with E-state index in [1.54, 1.807) is 11.3 Å². The van der Waals surface area contributed by atoms with E-state index in [9.17, 15) is 4.79 Å². The number of nitrogens with zero attached hydrogens (tertiary/aromatic N) is 1. The maximum Gasteiger partial charge on any atom is 0.220 e. The number of carbonyl (C=O) groups excluding carboxylic acids is 1. The van der Waals surface area contributed by atoms with Crippen molar-refractivity contribution in [3.8, 4) is 0 Å². The van der Waals surface area contributed by atoms with E-state index in [1.165, 1.54) is 24.0 Å². The largest absolute Gasteiger partial charge is 0.350 e. The zero-order valence-corrected chi connectivity index (χ0v) is 12.9. The molecule has 0 bridgehead atoms. The number of fused-ring (bicyclic) bond motifs is 1. The van der Waals surface area contributed by atoms with Crippen LogP contribution in [0.1, 0.15) is 37.1 Å². The summed E-state index contributed by atoms with van der Waals surface area (Å²) in [6.45, 7) is 1.63. The number of aromatic nitrogens is 1. The minimum atomic E-state index is 0.127. The Bertz CT molecular complexity index is 571. The first-order valence-electron chi connectivity index (χ1n) is 7.66. The highest BCUT2D eigenvalue weighted by Crippen LogP contribution is 2.21. The third kappa shape index (κ3) is 4.02. The molecule has 1 aromatic carbocycles. The third-order valence-corrected chi connectivity index (χ3v) is 4.94. The summed E-state index contributed by atoms with van der Waals surface area (Å²) in [5.41, 5.74) is 1.01. The van der Waals surface area contributed by atoms with Gasteiger partial charge >= 0.3 is 0 Å². The average molecular weight is 303 g/mol. The van der Waals surface area contributed by atoms with E-state index in [-0.39, 0.29) is 5.91 Å². The van der Waals surface area contributed by atoms with E-state index < -0.39 is 0 Å². The molecule has 2 heterocycles. The van der Waals surface area contributed by atoms with E-state index in [0.29, 0.717) is 19.0 Å². The quantitative estimate of drug-likeness (QED) is 0.893. The molecule has 0 radical (unpaired) electrons. The molecule has 5 heteroatoms. The Balaban J connectivity index is 1.44. The summed E-state index contributed by atoms with van der Waals surface area (Å²) in [7, 11) is 0. The van der Waals surface area contributed by atoms with Gasteiger partial charge in [0.05, 0.1) is 16.8 Å². The van der Waals surface area contributed by atoms with Crippen LogP contribution in [0.15, 0.2) is 24.3 Å². The molecule has 0 saturated carbocycles. The summed E-state index contributed by atoms with van der Waals surface area (Å²) >= 11 is 1.65.